The minimum absolute atomic E-state index is 0.334. The van der Waals surface area contributed by atoms with Crippen molar-refractivity contribution in [1.82, 2.24) is 4.98 Å². The molecule has 0 radical (unpaired) electrons. The van der Waals surface area contributed by atoms with Crippen LogP contribution in [0.1, 0.15) is 24.5 Å². The van der Waals surface area contributed by atoms with Crippen molar-refractivity contribution in [3.8, 4) is 27.3 Å². The fourth-order valence-corrected chi connectivity index (χ4v) is 4.02. The Balaban J connectivity index is 1.63. The van der Waals surface area contributed by atoms with E-state index in [0.717, 1.165) is 16.0 Å². The summed E-state index contributed by atoms with van der Waals surface area (Å²) in [6.07, 6.45) is 3.50. The highest BCUT2D eigenvalue weighted by Gasteiger charge is 2.25. The number of rotatable bonds is 4. The molecule has 2 heterocycles. The molecule has 2 aromatic heterocycles. The lowest BCUT2D eigenvalue weighted by Crippen LogP contribution is -2.16. The number of thiophene rings is 1. The quantitative estimate of drug-likeness (QED) is 0.662. The highest BCUT2D eigenvalue weighted by Crippen LogP contribution is 2.41. The molecule has 1 aromatic carbocycles. The molecule has 0 spiro atoms. The van der Waals surface area contributed by atoms with Crippen molar-refractivity contribution in [3.63, 3.8) is 0 Å². The molecule has 0 atom stereocenters. The molecule has 0 unspecified atom stereocenters. The number of ether oxygens (including phenoxy) is 1. The van der Waals surface area contributed by atoms with Gasteiger partial charge in [-0.25, -0.2) is 4.79 Å². The summed E-state index contributed by atoms with van der Waals surface area (Å²) in [5.74, 6) is 0.964. The van der Waals surface area contributed by atoms with E-state index in [-0.39, 0.29) is 0 Å². The van der Waals surface area contributed by atoms with Crippen molar-refractivity contribution in [3.05, 3.63) is 58.7 Å². The monoisotopic (exact) mass is 370 g/mol. The highest BCUT2D eigenvalue weighted by molar-refractivity contribution is 7.14. The number of pyridine rings is 1. The van der Waals surface area contributed by atoms with Gasteiger partial charge in [-0.05, 0) is 59.7 Å². The van der Waals surface area contributed by atoms with Gasteiger partial charge < -0.3 is 10.5 Å². The molecule has 1 fully saturated rings. The van der Waals surface area contributed by atoms with Gasteiger partial charge in [0.2, 0.25) is 0 Å². The van der Waals surface area contributed by atoms with Crippen molar-refractivity contribution < 1.29 is 9.53 Å². The van der Waals surface area contributed by atoms with Crippen molar-refractivity contribution >= 4 is 29.0 Å². The zero-order chi connectivity index (χ0) is 17.4. The number of nitrogens with two attached hydrogens (primary N) is 1. The number of primary amides is 1. The second-order valence-corrected chi connectivity index (χ2v) is 7.32. The zero-order valence-electron chi connectivity index (χ0n) is 13.2. The second kappa shape index (κ2) is 6.50. The second-order valence-electron chi connectivity index (χ2n) is 6.01. The van der Waals surface area contributed by atoms with Crippen LogP contribution < -0.4 is 10.5 Å². The summed E-state index contributed by atoms with van der Waals surface area (Å²) >= 11 is 7.97. The summed E-state index contributed by atoms with van der Waals surface area (Å²) in [5, 5.41) is 2.63. The first-order chi connectivity index (χ1) is 12.1. The number of carbonyl (C=O) groups excluding carboxylic acids is 1. The molecule has 126 valence electrons. The summed E-state index contributed by atoms with van der Waals surface area (Å²) in [7, 11) is 0. The summed E-state index contributed by atoms with van der Waals surface area (Å²) in [6, 6.07) is 11.4. The first-order valence-corrected chi connectivity index (χ1v) is 9.18. The van der Waals surface area contributed by atoms with Gasteiger partial charge in [-0.15, -0.1) is 11.3 Å². The third-order valence-electron chi connectivity index (χ3n) is 4.13. The molecule has 2 N–H and O–H groups in total. The molecule has 1 aliphatic carbocycles. The van der Waals surface area contributed by atoms with Crippen LogP contribution >= 0.6 is 22.9 Å². The number of halogens is 1. The third kappa shape index (κ3) is 3.52. The van der Waals surface area contributed by atoms with E-state index in [2.05, 4.69) is 22.5 Å². The Hall–Kier alpha value is -2.37. The lowest BCUT2D eigenvalue weighted by atomic mass is 10.1. The number of amides is 1. The van der Waals surface area contributed by atoms with Crippen LogP contribution in [0, 0.1) is 0 Å². The molecule has 0 aliphatic heterocycles. The normalized spacial score (nSPS) is 13.6. The smallest absolute Gasteiger partial charge is 0.409 e. The molecule has 0 saturated heterocycles. The van der Waals surface area contributed by atoms with E-state index < -0.39 is 6.09 Å². The van der Waals surface area contributed by atoms with Crippen molar-refractivity contribution in [2.24, 2.45) is 5.73 Å². The Morgan fingerprint density at radius 3 is 2.76 bits per heavy atom. The average molecular weight is 371 g/mol. The van der Waals surface area contributed by atoms with Gasteiger partial charge in [0.15, 0.2) is 0 Å². The van der Waals surface area contributed by atoms with Gasteiger partial charge in [-0.2, -0.15) is 0 Å². The van der Waals surface area contributed by atoms with E-state index in [0.29, 0.717) is 16.7 Å². The average Bonchev–Trinajstić information content (AvgIpc) is 3.32. The molecule has 4 nitrogen and oxygen atoms in total. The number of benzene rings is 1. The Kier molecular flexibility index (Phi) is 4.19. The standard InChI is InChI=1S/C19H15ClN2O2S/c20-16-9-14(24-19(21)23)3-4-15(16)18-8-13(10-25-18)12-5-6-22-17(7-12)11-1-2-11/h3-11H,1-2H2,(H2,21,23). The van der Waals surface area contributed by atoms with Crippen molar-refractivity contribution in [2.75, 3.05) is 0 Å². The van der Waals surface area contributed by atoms with E-state index in [9.17, 15) is 4.79 Å². The van der Waals surface area contributed by atoms with E-state index in [1.165, 1.54) is 24.1 Å². The molecule has 25 heavy (non-hydrogen) atoms. The minimum atomic E-state index is -0.855. The van der Waals surface area contributed by atoms with Gasteiger partial charge in [0, 0.05) is 34.3 Å². The first-order valence-electron chi connectivity index (χ1n) is 7.92. The van der Waals surface area contributed by atoms with Gasteiger partial charge in [0.1, 0.15) is 5.75 Å². The van der Waals surface area contributed by atoms with E-state index in [1.54, 1.807) is 23.5 Å². The SMILES string of the molecule is NC(=O)Oc1ccc(-c2cc(-c3ccnc(C4CC4)c3)cs2)c(Cl)c1. The topological polar surface area (TPSA) is 65.2 Å². The number of hydrogen-bond acceptors (Lipinski definition) is 4. The summed E-state index contributed by atoms with van der Waals surface area (Å²) in [6.45, 7) is 0. The van der Waals surface area contributed by atoms with Gasteiger partial charge in [-0.3, -0.25) is 4.98 Å². The molecular weight excluding hydrogens is 356 g/mol. The Labute approximate surface area is 154 Å². The largest absolute Gasteiger partial charge is 0.410 e. The number of hydrogen-bond donors (Lipinski definition) is 1. The first kappa shape index (κ1) is 16.1. The molecule has 4 rings (SSSR count). The predicted octanol–water partition coefficient (Wildman–Crippen LogP) is 5.47. The summed E-state index contributed by atoms with van der Waals surface area (Å²) < 4.78 is 4.85. The molecule has 1 aliphatic rings. The number of carbonyl (C=O) groups is 1. The zero-order valence-corrected chi connectivity index (χ0v) is 14.8. The van der Waals surface area contributed by atoms with Gasteiger partial charge in [-0.1, -0.05) is 11.6 Å². The summed E-state index contributed by atoms with van der Waals surface area (Å²) in [5.41, 5.74) is 9.42. The van der Waals surface area contributed by atoms with Crippen LogP contribution in [0.3, 0.4) is 0 Å². The van der Waals surface area contributed by atoms with Gasteiger partial charge in [0.25, 0.3) is 0 Å². The molecular formula is C19H15ClN2O2S. The van der Waals surface area contributed by atoms with Crippen molar-refractivity contribution in [2.45, 2.75) is 18.8 Å². The lowest BCUT2D eigenvalue weighted by Gasteiger charge is -2.05. The molecule has 0 bridgehead atoms. The van der Waals surface area contributed by atoms with Crippen LogP contribution in [0.5, 0.6) is 5.75 Å². The molecule has 1 amide bonds. The number of nitrogens with zero attached hydrogens (tertiary/aromatic N) is 1. The fourth-order valence-electron chi connectivity index (χ4n) is 2.73. The van der Waals surface area contributed by atoms with Crippen LogP contribution in [0.25, 0.3) is 21.6 Å². The highest BCUT2D eigenvalue weighted by atomic mass is 35.5. The van der Waals surface area contributed by atoms with E-state index >= 15 is 0 Å². The van der Waals surface area contributed by atoms with Gasteiger partial charge >= 0.3 is 6.09 Å². The minimum Gasteiger partial charge on any atom is -0.410 e. The third-order valence-corrected chi connectivity index (χ3v) is 5.41. The van der Waals surface area contributed by atoms with Crippen molar-refractivity contribution in [1.29, 1.82) is 0 Å². The van der Waals surface area contributed by atoms with Crippen LogP contribution in [0.2, 0.25) is 5.02 Å². The fraction of sp³-hybridized carbons (Fsp3) is 0.158. The van der Waals surface area contributed by atoms with Crippen LogP contribution in [-0.4, -0.2) is 11.1 Å². The van der Waals surface area contributed by atoms with Crippen LogP contribution in [0.4, 0.5) is 4.79 Å². The molecule has 1 saturated carbocycles. The van der Waals surface area contributed by atoms with Crippen LogP contribution in [0.15, 0.2) is 48.0 Å². The van der Waals surface area contributed by atoms with Gasteiger partial charge in [0.05, 0.1) is 5.02 Å². The summed E-state index contributed by atoms with van der Waals surface area (Å²) in [4.78, 5) is 16.4. The maximum absolute atomic E-state index is 10.8. The van der Waals surface area contributed by atoms with E-state index in [4.69, 9.17) is 22.1 Å². The molecule has 6 heteroatoms. The molecule has 3 aromatic rings. The Morgan fingerprint density at radius 1 is 1.20 bits per heavy atom. The number of aromatic nitrogens is 1. The Morgan fingerprint density at radius 2 is 2.04 bits per heavy atom. The maximum Gasteiger partial charge on any atom is 0.409 e. The Bertz CT molecular complexity index is 950. The maximum atomic E-state index is 10.8. The van der Waals surface area contributed by atoms with E-state index in [1.807, 2.05) is 18.3 Å². The predicted molar refractivity (Wildman–Crippen MR) is 100 cm³/mol. The van der Waals surface area contributed by atoms with Crippen LogP contribution in [-0.2, 0) is 0 Å². The lowest BCUT2D eigenvalue weighted by molar-refractivity contribution is 0.211.